The quantitative estimate of drug-likeness (QED) is 0.349. The average Bonchev–Trinajstić information content (AvgIpc) is 3.31. The van der Waals surface area contributed by atoms with Gasteiger partial charge in [0.1, 0.15) is 29.6 Å². The highest BCUT2D eigenvalue weighted by atomic mass is 32.2. The Labute approximate surface area is 210 Å². The molecule has 4 aromatic rings. The number of fused-ring (bicyclic) bond motifs is 1. The van der Waals surface area contributed by atoms with E-state index in [1.54, 1.807) is 24.7 Å². The van der Waals surface area contributed by atoms with Gasteiger partial charge in [-0.15, -0.1) is 0 Å². The van der Waals surface area contributed by atoms with Crippen LogP contribution in [0.1, 0.15) is 44.4 Å². The van der Waals surface area contributed by atoms with Crippen LogP contribution in [0.15, 0.2) is 49.2 Å². The maximum absolute atomic E-state index is 12.3. The maximum atomic E-state index is 12.3. The van der Waals surface area contributed by atoms with E-state index in [0.717, 1.165) is 42.7 Å². The highest BCUT2D eigenvalue weighted by molar-refractivity contribution is 7.92. The molecule has 188 valence electrons. The second kappa shape index (κ2) is 10.2. The number of sulfonamides is 1. The third-order valence-corrected chi connectivity index (χ3v) is 7.62. The van der Waals surface area contributed by atoms with Gasteiger partial charge in [0.2, 0.25) is 10.0 Å². The SMILES string of the molecule is CCCS(=O)(=O)Nc1ccc(C)c(Nc2ncccc2-c2ncnc3c2ncn3C2CCCCO2)c1. The fraction of sp³-hybridized carbons (Fsp3) is 0.360. The first-order valence-electron chi connectivity index (χ1n) is 12.1. The fourth-order valence-corrected chi connectivity index (χ4v) is 5.47. The molecule has 0 bridgehead atoms. The molecule has 1 aliphatic heterocycles. The lowest BCUT2D eigenvalue weighted by Crippen LogP contribution is -2.17. The summed E-state index contributed by atoms with van der Waals surface area (Å²) in [4.78, 5) is 18.2. The number of nitrogens with zero attached hydrogens (tertiary/aromatic N) is 5. The Balaban J connectivity index is 1.50. The van der Waals surface area contributed by atoms with Crippen LogP contribution in [-0.2, 0) is 14.8 Å². The normalized spacial score (nSPS) is 16.2. The number of rotatable bonds is 8. The van der Waals surface area contributed by atoms with E-state index >= 15 is 0 Å². The summed E-state index contributed by atoms with van der Waals surface area (Å²) in [6.45, 7) is 4.51. The molecule has 0 saturated carbocycles. The van der Waals surface area contributed by atoms with E-state index in [1.165, 1.54) is 6.33 Å². The molecule has 1 aromatic carbocycles. The molecule has 0 spiro atoms. The van der Waals surface area contributed by atoms with Crippen molar-refractivity contribution in [3.63, 3.8) is 0 Å². The molecule has 0 radical (unpaired) electrons. The summed E-state index contributed by atoms with van der Waals surface area (Å²) in [5.74, 6) is 0.647. The molecular formula is C25H29N7O3S. The van der Waals surface area contributed by atoms with Gasteiger partial charge in [-0.1, -0.05) is 13.0 Å². The van der Waals surface area contributed by atoms with Gasteiger partial charge in [0.15, 0.2) is 5.65 Å². The molecule has 2 N–H and O–H groups in total. The molecule has 1 aliphatic rings. The minimum atomic E-state index is -3.40. The van der Waals surface area contributed by atoms with E-state index in [0.29, 0.717) is 34.8 Å². The van der Waals surface area contributed by atoms with Crippen LogP contribution in [0.5, 0.6) is 0 Å². The second-order valence-electron chi connectivity index (χ2n) is 8.84. The molecule has 0 aliphatic carbocycles. The topological polar surface area (TPSA) is 124 Å². The van der Waals surface area contributed by atoms with Gasteiger partial charge < -0.3 is 10.1 Å². The number of hydrogen-bond donors (Lipinski definition) is 2. The summed E-state index contributed by atoms with van der Waals surface area (Å²) in [7, 11) is -3.40. The maximum Gasteiger partial charge on any atom is 0.232 e. The predicted octanol–water partition coefficient (Wildman–Crippen LogP) is 4.79. The largest absolute Gasteiger partial charge is 0.358 e. The van der Waals surface area contributed by atoms with Gasteiger partial charge in [0, 0.05) is 24.1 Å². The Morgan fingerprint density at radius 1 is 1.14 bits per heavy atom. The lowest BCUT2D eigenvalue weighted by atomic mass is 10.1. The summed E-state index contributed by atoms with van der Waals surface area (Å²) in [5.41, 5.74) is 4.96. The Hall–Kier alpha value is -3.57. The number of pyridine rings is 1. The summed E-state index contributed by atoms with van der Waals surface area (Å²) in [6.07, 6.45) is 8.53. The zero-order valence-electron chi connectivity index (χ0n) is 20.3. The standard InChI is InChI=1S/C25H29N7O3S/c1-3-13-36(33,34)31-18-10-9-17(2)20(14-18)30-24-19(7-6-11-26-24)22-23-25(28-15-27-22)32(16-29-23)21-8-4-5-12-35-21/h6-7,9-11,14-16,21,31H,3-5,8,12-13H2,1-2H3,(H,26,30). The number of imidazole rings is 1. The van der Waals surface area contributed by atoms with Crippen molar-refractivity contribution in [1.29, 1.82) is 0 Å². The van der Waals surface area contributed by atoms with Gasteiger partial charge in [0.05, 0.1) is 17.8 Å². The van der Waals surface area contributed by atoms with Gasteiger partial charge in [-0.05, 0) is 62.4 Å². The van der Waals surface area contributed by atoms with Gasteiger partial charge in [-0.25, -0.2) is 28.4 Å². The van der Waals surface area contributed by atoms with Crippen LogP contribution in [-0.4, -0.2) is 45.3 Å². The molecule has 10 nitrogen and oxygen atoms in total. The number of hydrogen-bond acceptors (Lipinski definition) is 8. The van der Waals surface area contributed by atoms with Gasteiger partial charge in [-0.3, -0.25) is 9.29 Å². The van der Waals surface area contributed by atoms with Crippen molar-refractivity contribution < 1.29 is 13.2 Å². The lowest BCUT2D eigenvalue weighted by Gasteiger charge is -2.23. The Morgan fingerprint density at radius 2 is 2.03 bits per heavy atom. The van der Waals surface area contributed by atoms with Crippen LogP contribution in [0.2, 0.25) is 0 Å². The zero-order valence-corrected chi connectivity index (χ0v) is 21.1. The van der Waals surface area contributed by atoms with E-state index in [1.807, 2.05) is 36.6 Å². The van der Waals surface area contributed by atoms with Crippen molar-refractivity contribution in [2.24, 2.45) is 0 Å². The number of ether oxygens (including phenoxy) is 1. The zero-order chi connectivity index (χ0) is 25.1. The Kier molecular flexibility index (Phi) is 6.84. The summed E-state index contributed by atoms with van der Waals surface area (Å²) < 4.78 is 35.1. The second-order valence-corrected chi connectivity index (χ2v) is 10.7. The molecule has 36 heavy (non-hydrogen) atoms. The number of anilines is 3. The first-order chi connectivity index (χ1) is 17.4. The van der Waals surface area contributed by atoms with E-state index in [2.05, 4.69) is 30.0 Å². The number of benzene rings is 1. The van der Waals surface area contributed by atoms with Crippen molar-refractivity contribution in [3.8, 4) is 11.3 Å². The fourth-order valence-electron chi connectivity index (χ4n) is 4.35. The molecule has 1 atom stereocenters. The van der Waals surface area contributed by atoms with E-state index in [9.17, 15) is 8.42 Å². The van der Waals surface area contributed by atoms with Crippen molar-refractivity contribution in [2.45, 2.75) is 45.8 Å². The summed E-state index contributed by atoms with van der Waals surface area (Å²) >= 11 is 0. The minimum Gasteiger partial charge on any atom is -0.358 e. The van der Waals surface area contributed by atoms with Crippen LogP contribution < -0.4 is 10.0 Å². The van der Waals surface area contributed by atoms with E-state index < -0.39 is 10.0 Å². The van der Waals surface area contributed by atoms with Crippen molar-refractivity contribution in [1.82, 2.24) is 24.5 Å². The highest BCUT2D eigenvalue weighted by Gasteiger charge is 2.22. The molecule has 1 fully saturated rings. The van der Waals surface area contributed by atoms with E-state index in [-0.39, 0.29) is 12.0 Å². The van der Waals surface area contributed by atoms with Crippen molar-refractivity contribution in [2.75, 3.05) is 22.4 Å². The molecule has 11 heteroatoms. The minimum absolute atomic E-state index is 0.0658. The molecular weight excluding hydrogens is 478 g/mol. The molecule has 1 saturated heterocycles. The number of aryl methyl sites for hydroxylation is 1. The molecule has 5 rings (SSSR count). The van der Waals surface area contributed by atoms with Crippen LogP contribution in [0.3, 0.4) is 0 Å². The summed E-state index contributed by atoms with van der Waals surface area (Å²) in [6, 6.07) is 9.16. The Bertz CT molecular complexity index is 1480. The first-order valence-corrected chi connectivity index (χ1v) is 13.7. The summed E-state index contributed by atoms with van der Waals surface area (Å²) in [5, 5.41) is 3.37. The highest BCUT2D eigenvalue weighted by Crippen LogP contribution is 2.34. The number of aromatic nitrogens is 5. The van der Waals surface area contributed by atoms with Gasteiger partial charge in [0.25, 0.3) is 0 Å². The van der Waals surface area contributed by atoms with Gasteiger partial charge >= 0.3 is 0 Å². The van der Waals surface area contributed by atoms with Gasteiger partial charge in [-0.2, -0.15) is 0 Å². The average molecular weight is 508 g/mol. The van der Waals surface area contributed by atoms with Crippen LogP contribution >= 0.6 is 0 Å². The first kappa shape index (κ1) is 24.1. The number of nitrogens with one attached hydrogen (secondary N) is 2. The molecule has 0 amide bonds. The smallest absolute Gasteiger partial charge is 0.232 e. The third-order valence-electron chi connectivity index (χ3n) is 6.12. The van der Waals surface area contributed by atoms with E-state index in [4.69, 9.17) is 4.74 Å². The lowest BCUT2D eigenvalue weighted by molar-refractivity contribution is -0.0298. The molecule has 4 heterocycles. The Morgan fingerprint density at radius 3 is 2.83 bits per heavy atom. The third kappa shape index (κ3) is 5.02. The van der Waals surface area contributed by atoms with Crippen LogP contribution in [0.25, 0.3) is 22.4 Å². The monoisotopic (exact) mass is 507 g/mol. The molecule has 3 aromatic heterocycles. The van der Waals surface area contributed by atoms with Crippen LogP contribution in [0.4, 0.5) is 17.2 Å². The van der Waals surface area contributed by atoms with Crippen molar-refractivity contribution in [3.05, 3.63) is 54.7 Å². The molecule has 1 unspecified atom stereocenters. The predicted molar refractivity (Wildman–Crippen MR) is 140 cm³/mol. The van der Waals surface area contributed by atoms with Crippen LogP contribution in [0, 0.1) is 6.92 Å². The van der Waals surface area contributed by atoms with Crippen molar-refractivity contribution >= 4 is 38.4 Å².